The number of nitrogens with two attached hydrogens (primary N) is 1. The lowest BCUT2D eigenvalue weighted by Gasteiger charge is -2.23. The van der Waals surface area contributed by atoms with E-state index < -0.39 is 6.03 Å². The fourth-order valence-corrected chi connectivity index (χ4v) is 2.74. The summed E-state index contributed by atoms with van der Waals surface area (Å²) in [4.78, 5) is 13.4. The predicted molar refractivity (Wildman–Crippen MR) is 90.5 cm³/mol. The molecule has 3 N–H and O–H groups in total. The fraction of sp³-hybridized carbons (Fsp3) is 0. The number of halogens is 2. The molecule has 2 aromatic carbocycles. The average Bonchev–Trinajstić information content (AvgIpc) is 3.04. The minimum Gasteiger partial charge on any atom is -0.351 e. The number of carbonyl (C=O) groups excluding carboxylic acids is 1. The van der Waals surface area contributed by atoms with Crippen molar-refractivity contribution in [2.24, 2.45) is 5.73 Å². The Bertz CT molecular complexity index is 854. The first kappa shape index (κ1) is 15.4. The zero-order valence-electron chi connectivity index (χ0n) is 11.6. The van der Waals surface area contributed by atoms with Crippen molar-refractivity contribution in [3.8, 4) is 11.4 Å². The second-order valence-corrected chi connectivity index (χ2v) is 5.84. The number of H-pyrrole nitrogens is 1. The van der Waals surface area contributed by atoms with Gasteiger partial charge in [-0.3, -0.25) is 4.90 Å². The van der Waals surface area contributed by atoms with E-state index in [2.05, 4.69) is 36.6 Å². The molecule has 0 saturated carbocycles. The van der Waals surface area contributed by atoms with Crippen LogP contribution >= 0.6 is 27.5 Å². The van der Waals surface area contributed by atoms with Gasteiger partial charge in [-0.05, 0) is 35.5 Å². The Morgan fingerprint density at radius 3 is 2.65 bits per heavy atom. The number of benzene rings is 2. The van der Waals surface area contributed by atoms with Gasteiger partial charge in [0.15, 0.2) is 0 Å². The summed E-state index contributed by atoms with van der Waals surface area (Å²) in [5.74, 6) is 0.333. The highest BCUT2D eigenvalue weighted by Crippen LogP contribution is 2.38. The van der Waals surface area contributed by atoms with E-state index in [1.807, 2.05) is 0 Å². The number of amides is 2. The highest BCUT2D eigenvalue weighted by Gasteiger charge is 2.23. The Labute approximate surface area is 144 Å². The van der Waals surface area contributed by atoms with Crippen molar-refractivity contribution in [1.29, 1.82) is 0 Å². The van der Waals surface area contributed by atoms with E-state index in [-0.39, 0.29) is 0 Å². The number of hydrogen-bond acceptors (Lipinski definition) is 4. The molecule has 116 valence electrons. The number of aromatic amines is 1. The Morgan fingerprint density at radius 2 is 2.00 bits per heavy atom. The van der Waals surface area contributed by atoms with Crippen LogP contribution in [0.25, 0.3) is 11.4 Å². The van der Waals surface area contributed by atoms with Crippen molar-refractivity contribution < 1.29 is 4.79 Å². The lowest BCUT2D eigenvalue weighted by Crippen LogP contribution is -2.32. The van der Waals surface area contributed by atoms with Gasteiger partial charge in [-0.2, -0.15) is 5.21 Å². The molecular weight excluding hydrogens is 384 g/mol. The van der Waals surface area contributed by atoms with Gasteiger partial charge in [0.2, 0.25) is 5.82 Å². The third-order valence-corrected chi connectivity index (χ3v) is 3.91. The van der Waals surface area contributed by atoms with Gasteiger partial charge in [0.25, 0.3) is 0 Å². The molecule has 2 amide bonds. The Balaban J connectivity index is 2.23. The number of carbonyl (C=O) groups is 1. The summed E-state index contributed by atoms with van der Waals surface area (Å²) in [6.45, 7) is 0. The summed E-state index contributed by atoms with van der Waals surface area (Å²) in [7, 11) is 0. The number of primary amides is 1. The molecule has 0 aliphatic heterocycles. The summed E-state index contributed by atoms with van der Waals surface area (Å²) in [5, 5.41) is 14.3. The fourth-order valence-electron chi connectivity index (χ4n) is 2.16. The van der Waals surface area contributed by atoms with Crippen LogP contribution in [0.3, 0.4) is 0 Å². The van der Waals surface area contributed by atoms with E-state index in [9.17, 15) is 4.79 Å². The average molecular weight is 394 g/mol. The minimum absolute atomic E-state index is 0.333. The standard InChI is InChI=1S/C14H10BrClN6O/c15-8-5-6-11(9(7-8)13-18-20-21-19-13)22(14(17)23)12-4-2-1-3-10(12)16/h1-7H,(H2,17,23)(H,18,19,20,21). The summed E-state index contributed by atoms with van der Waals surface area (Å²) >= 11 is 9.60. The number of hydrogen-bond donors (Lipinski definition) is 2. The number of aromatic nitrogens is 4. The zero-order valence-corrected chi connectivity index (χ0v) is 13.9. The van der Waals surface area contributed by atoms with Crippen LogP contribution in [0.15, 0.2) is 46.9 Å². The number of anilines is 2. The first-order valence-electron chi connectivity index (χ1n) is 6.45. The molecule has 0 fully saturated rings. The molecule has 0 aliphatic carbocycles. The van der Waals surface area contributed by atoms with Crippen molar-refractivity contribution in [2.45, 2.75) is 0 Å². The molecule has 1 heterocycles. The topological polar surface area (TPSA) is 101 Å². The zero-order chi connectivity index (χ0) is 16.4. The van der Waals surface area contributed by atoms with Crippen LogP contribution in [0.5, 0.6) is 0 Å². The SMILES string of the molecule is NC(=O)N(c1ccccc1Cl)c1ccc(Br)cc1-c1nn[nH]n1. The molecule has 0 atom stereocenters. The number of urea groups is 1. The lowest BCUT2D eigenvalue weighted by atomic mass is 10.1. The van der Waals surface area contributed by atoms with Gasteiger partial charge < -0.3 is 5.73 Å². The van der Waals surface area contributed by atoms with Crippen molar-refractivity contribution in [2.75, 3.05) is 4.90 Å². The molecule has 3 rings (SSSR count). The number of rotatable bonds is 3. The monoisotopic (exact) mass is 392 g/mol. The van der Waals surface area contributed by atoms with E-state index in [0.717, 1.165) is 4.47 Å². The second kappa shape index (κ2) is 6.35. The summed E-state index contributed by atoms with van der Waals surface area (Å²) in [6, 6.07) is 11.5. The molecule has 9 heteroatoms. The molecule has 23 heavy (non-hydrogen) atoms. The van der Waals surface area contributed by atoms with Crippen LogP contribution in [-0.2, 0) is 0 Å². The number of nitrogens with one attached hydrogen (secondary N) is 1. The molecule has 0 radical (unpaired) electrons. The van der Waals surface area contributed by atoms with Crippen molar-refractivity contribution in [3.05, 3.63) is 52.0 Å². The first-order valence-corrected chi connectivity index (χ1v) is 7.62. The van der Waals surface area contributed by atoms with Crippen molar-refractivity contribution in [3.63, 3.8) is 0 Å². The third-order valence-electron chi connectivity index (χ3n) is 3.10. The number of tetrazole rings is 1. The van der Waals surface area contributed by atoms with E-state index in [4.69, 9.17) is 17.3 Å². The van der Waals surface area contributed by atoms with Crippen molar-refractivity contribution >= 4 is 44.9 Å². The quantitative estimate of drug-likeness (QED) is 0.711. The Hall–Kier alpha value is -2.45. The smallest absolute Gasteiger partial charge is 0.323 e. The predicted octanol–water partition coefficient (Wildman–Crippen LogP) is 3.50. The Morgan fingerprint density at radius 1 is 1.22 bits per heavy atom. The summed E-state index contributed by atoms with van der Waals surface area (Å²) in [5.41, 5.74) is 7.12. The minimum atomic E-state index is -0.676. The van der Waals surface area contributed by atoms with Gasteiger partial charge in [0.05, 0.1) is 16.4 Å². The van der Waals surface area contributed by atoms with Crippen LogP contribution in [-0.4, -0.2) is 26.7 Å². The largest absolute Gasteiger partial charge is 0.351 e. The van der Waals surface area contributed by atoms with Crippen LogP contribution in [0.2, 0.25) is 5.02 Å². The second-order valence-electron chi connectivity index (χ2n) is 4.52. The number of nitrogens with zero attached hydrogens (tertiary/aromatic N) is 4. The van der Waals surface area contributed by atoms with Gasteiger partial charge in [-0.1, -0.05) is 39.7 Å². The van der Waals surface area contributed by atoms with Crippen LogP contribution < -0.4 is 10.6 Å². The highest BCUT2D eigenvalue weighted by molar-refractivity contribution is 9.10. The molecule has 0 aliphatic rings. The van der Waals surface area contributed by atoms with E-state index >= 15 is 0 Å². The molecule has 3 aromatic rings. The molecule has 7 nitrogen and oxygen atoms in total. The van der Waals surface area contributed by atoms with E-state index in [1.165, 1.54) is 4.90 Å². The van der Waals surface area contributed by atoms with Gasteiger partial charge in [-0.15, -0.1) is 10.2 Å². The van der Waals surface area contributed by atoms with E-state index in [1.54, 1.807) is 42.5 Å². The summed E-state index contributed by atoms with van der Waals surface area (Å²) < 4.78 is 0.796. The first-order chi connectivity index (χ1) is 11.1. The van der Waals surface area contributed by atoms with Gasteiger partial charge in [0, 0.05) is 10.0 Å². The van der Waals surface area contributed by atoms with Crippen LogP contribution in [0.1, 0.15) is 0 Å². The molecule has 1 aromatic heterocycles. The maximum atomic E-state index is 12.1. The molecule has 0 saturated heterocycles. The maximum Gasteiger partial charge on any atom is 0.323 e. The summed E-state index contributed by atoms with van der Waals surface area (Å²) in [6.07, 6.45) is 0. The molecule has 0 bridgehead atoms. The van der Waals surface area contributed by atoms with Gasteiger partial charge in [-0.25, -0.2) is 4.79 Å². The number of para-hydroxylation sites is 1. The van der Waals surface area contributed by atoms with Crippen LogP contribution in [0.4, 0.5) is 16.2 Å². The van der Waals surface area contributed by atoms with E-state index in [0.29, 0.717) is 27.8 Å². The lowest BCUT2D eigenvalue weighted by molar-refractivity contribution is 0.256. The maximum absolute atomic E-state index is 12.1. The van der Waals surface area contributed by atoms with Gasteiger partial charge >= 0.3 is 6.03 Å². The van der Waals surface area contributed by atoms with Crippen LogP contribution in [0, 0.1) is 0 Å². The van der Waals surface area contributed by atoms with Crippen molar-refractivity contribution in [1.82, 2.24) is 20.6 Å². The van der Waals surface area contributed by atoms with Gasteiger partial charge in [0.1, 0.15) is 0 Å². The highest BCUT2D eigenvalue weighted by atomic mass is 79.9. The molecular formula is C14H10BrClN6O. The normalized spacial score (nSPS) is 10.5. The molecule has 0 spiro atoms. The Kier molecular flexibility index (Phi) is 4.26. The third kappa shape index (κ3) is 3.03. The molecule has 0 unspecified atom stereocenters.